The van der Waals surface area contributed by atoms with E-state index in [0.717, 1.165) is 12.6 Å². The van der Waals surface area contributed by atoms with Crippen molar-refractivity contribution in [1.82, 2.24) is 9.78 Å². The molecule has 0 saturated heterocycles. The summed E-state index contributed by atoms with van der Waals surface area (Å²) in [5, 5.41) is 17.1. The van der Waals surface area contributed by atoms with Gasteiger partial charge in [-0.05, 0) is 27.2 Å². The first-order valence-electron chi connectivity index (χ1n) is 5.94. The van der Waals surface area contributed by atoms with Crippen molar-refractivity contribution in [3.63, 3.8) is 0 Å². The second-order valence-corrected chi connectivity index (χ2v) is 4.99. The van der Waals surface area contributed by atoms with E-state index in [2.05, 4.69) is 10.4 Å². The molecule has 8 nitrogen and oxygen atoms in total. The van der Waals surface area contributed by atoms with Crippen LogP contribution in [0.25, 0.3) is 0 Å². The minimum Gasteiger partial charge on any atom is -0.444 e. The molecule has 0 aliphatic carbocycles. The van der Waals surface area contributed by atoms with Crippen molar-refractivity contribution in [3.8, 4) is 0 Å². The minimum atomic E-state index is -0.742. The van der Waals surface area contributed by atoms with E-state index >= 15 is 0 Å². The zero-order chi connectivity index (χ0) is 14.6. The van der Waals surface area contributed by atoms with Gasteiger partial charge in [-0.15, -0.1) is 0 Å². The van der Waals surface area contributed by atoms with Gasteiger partial charge in [-0.25, -0.2) is 9.48 Å². The maximum absolute atomic E-state index is 11.7. The van der Waals surface area contributed by atoms with Gasteiger partial charge in [0.1, 0.15) is 11.8 Å². The van der Waals surface area contributed by atoms with Crippen LogP contribution in [-0.4, -0.2) is 26.4 Å². The van der Waals surface area contributed by atoms with E-state index in [0.29, 0.717) is 6.54 Å². The highest BCUT2D eigenvalue weighted by atomic mass is 16.6. The van der Waals surface area contributed by atoms with Crippen molar-refractivity contribution >= 4 is 17.6 Å². The highest BCUT2D eigenvalue weighted by Gasteiger charge is 2.24. The normalized spacial score (nSPS) is 11.2. The fourth-order valence-electron chi connectivity index (χ4n) is 1.42. The van der Waals surface area contributed by atoms with Gasteiger partial charge in [-0.2, -0.15) is 5.10 Å². The van der Waals surface area contributed by atoms with Crippen LogP contribution in [0, 0.1) is 10.1 Å². The summed E-state index contributed by atoms with van der Waals surface area (Å²) in [6.45, 7) is 7.52. The van der Waals surface area contributed by atoms with Crippen LogP contribution in [0.3, 0.4) is 0 Å². The Bertz CT molecular complexity index is 476. The number of carbonyl (C=O) groups is 1. The third-order valence-electron chi connectivity index (χ3n) is 2.07. The second-order valence-electron chi connectivity index (χ2n) is 4.99. The lowest BCUT2D eigenvalue weighted by Crippen LogP contribution is -2.28. The van der Waals surface area contributed by atoms with Crippen LogP contribution in [0.15, 0.2) is 6.20 Å². The van der Waals surface area contributed by atoms with E-state index in [1.165, 1.54) is 4.68 Å². The zero-order valence-electron chi connectivity index (χ0n) is 11.5. The van der Waals surface area contributed by atoms with Crippen molar-refractivity contribution in [2.75, 3.05) is 5.32 Å². The molecule has 0 spiro atoms. The number of aryl methyl sites for hydroxylation is 1. The lowest BCUT2D eigenvalue weighted by molar-refractivity contribution is -0.384. The molecule has 1 N–H and O–H groups in total. The summed E-state index contributed by atoms with van der Waals surface area (Å²) >= 11 is 0. The van der Waals surface area contributed by atoms with Gasteiger partial charge in [0, 0.05) is 6.54 Å². The van der Waals surface area contributed by atoms with Gasteiger partial charge in [0.25, 0.3) is 0 Å². The van der Waals surface area contributed by atoms with Crippen LogP contribution >= 0.6 is 0 Å². The first-order valence-corrected chi connectivity index (χ1v) is 5.94. The smallest absolute Gasteiger partial charge is 0.413 e. The van der Waals surface area contributed by atoms with Gasteiger partial charge >= 0.3 is 11.8 Å². The molecule has 1 heterocycles. The number of carbonyl (C=O) groups excluding carboxylic acids is 1. The predicted molar refractivity (Wildman–Crippen MR) is 69.0 cm³/mol. The summed E-state index contributed by atoms with van der Waals surface area (Å²) < 4.78 is 6.44. The maximum atomic E-state index is 11.7. The van der Waals surface area contributed by atoms with E-state index < -0.39 is 16.6 Å². The van der Waals surface area contributed by atoms with Crippen LogP contribution in [0.1, 0.15) is 34.1 Å². The number of rotatable bonds is 4. The molecule has 0 aromatic carbocycles. The molecular weight excluding hydrogens is 252 g/mol. The van der Waals surface area contributed by atoms with Gasteiger partial charge in [0.2, 0.25) is 5.82 Å². The summed E-state index contributed by atoms with van der Waals surface area (Å²) in [4.78, 5) is 21.9. The number of hydrogen-bond acceptors (Lipinski definition) is 5. The maximum Gasteiger partial charge on any atom is 0.413 e. The molecule has 19 heavy (non-hydrogen) atoms. The van der Waals surface area contributed by atoms with Crippen molar-refractivity contribution in [3.05, 3.63) is 16.3 Å². The lowest BCUT2D eigenvalue weighted by Gasteiger charge is -2.19. The lowest BCUT2D eigenvalue weighted by atomic mass is 10.2. The average molecular weight is 270 g/mol. The van der Waals surface area contributed by atoms with Crippen molar-refractivity contribution in [2.24, 2.45) is 0 Å². The summed E-state index contributed by atoms with van der Waals surface area (Å²) in [5.41, 5.74) is -0.923. The molecule has 0 aliphatic rings. The van der Waals surface area contributed by atoms with Crippen molar-refractivity contribution in [2.45, 2.75) is 46.3 Å². The molecule has 8 heteroatoms. The van der Waals surface area contributed by atoms with Crippen LogP contribution < -0.4 is 5.32 Å². The predicted octanol–water partition coefficient (Wildman–Crippen LogP) is 2.55. The summed E-state index contributed by atoms with van der Waals surface area (Å²) in [7, 11) is 0. The molecular formula is C11H18N4O4. The minimum absolute atomic E-state index is 0.0427. The monoisotopic (exact) mass is 270 g/mol. The van der Waals surface area contributed by atoms with Gasteiger partial charge in [-0.1, -0.05) is 6.92 Å². The molecule has 0 aliphatic heterocycles. The Hall–Kier alpha value is -2.12. The topological polar surface area (TPSA) is 99.3 Å². The highest BCUT2D eigenvalue weighted by molar-refractivity contribution is 5.86. The largest absolute Gasteiger partial charge is 0.444 e. The van der Waals surface area contributed by atoms with Gasteiger partial charge < -0.3 is 4.74 Å². The SMILES string of the molecule is CCCn1ncc([N+](=O)[O-])c1NC(=O)OC(C)(C)C. The second kappa shape index (κ2) is 5.68. The fraction of sp³-hybridized carbons (Fsp3) is 0.636. The van der Waals surface area contributed by atoms with Crippen LogP contribution in [0.5, 0.6) is 0 Å². The number of hydrogen-bond donors (Lipinski definition) is 1. The molecule has 0 unspecified atom stereocenters. The van der Waals surface area contributed by atoms with Crippen LogP contribution in [0.4, 0.5) is 16.3 Å². The third kappa shape index (κ3) is 4.23. The Kier molecular flexibility index (Phi) is 4.47. The Labute approximate surface area is 110 Å². The molecule has 0 atom stereocenters. The standard InChI is InChI=1S/C11H18N4O4/c1-5-6-14-9(8(7-12-14)15(17)18)13-10(16)19-11(2,3)4/h7H,5-6H2,1-4H3,(H,13,16). The van der Waals surface area contributed by atoms with E-state index in [1.54, 1.807) is 20.8 Å². The first-order chi connectivity index (χ1) is 8.74. The zero-order valence-corrected chi connectivity index (χ0v) is 11.5. The fourth-order valence-corrected chi connectivity index (χ4v) is 1.42. The number of nitrogens with one attached hydrogen (secondary N) is 1. The van der Waals surface area contributed by atoms with Crippen LogP contribution in [-0.2, 0) is 11.3 Å². The number of anilines is 1. The van der Waals surface area contributed by atoms with Gasteiger partial charge in [0.15, 0.2) is 0 Å². The summed E-state index contributed by atoms with van der Waals surface area (Å²) in [5.74, 6) is 0.0427. The van der Waals surface area contributed by atoms with Crippen molar-refractivity contribution < 1.29 is 14.5 Å². The molecule has 1 aromatic rings. The average Bonchev–Trinajstić information content (AvgIpc) is 2.59. The van der Waals surface area contributed by atoms with E-state index in [9.17, 15) is 14.9 Å². The number of aromatic nitrogens is 2. The number of amides is 1. The summed E-state index contributed by atoms with van der Waals surface area (Å²) in [6, 6.07) is 0. The molecule has 0 radical (unpaired) electrons. The van der Waals surface area contributed by atoms with E-state index in [1.807, 2.05) is 6.92 Å². The highest BCUT2D eigenvalue weighted by Crippen LogP contribution is 2.24. The first kappa shape index (κ1) is 14.9. The molecule has 0 fully saturated rings. The van der Waals surface area contributed by atoms with E-state index in [-0.39, 0.29) is 11.5 Å². The summed E-state index contributed by atoms with van der Waals surface area (Å²) in [6.07, 6.45) is 1.11. The number of nitrogens with zero attached hydrogens (tertiary/aromatic N) is 3. The Morgan fingerprint density at radius 1 is 1.58 bits per heavy atom. The van der Waals surface area contributed by atoms with E-state index in [4.69, 9.17) is 4.74 Å². The third-order valence-corrected chi connectivity index (χ3v) is 2.07. The molecule has 106 valence electrons. The Morgan fingerprint density at radius 2 is 2.21 bits per heavy atom. The van der Waals surface area contributed by atoms with Gasteiger partial charge in [-0.3, -0.25) is 15.4 Å². The van der Waals surface area contributed by atoms with Crippen LogP contribution in [0.2, 0.25) is 0 Å². The number of nitro groups is 1. The molecule has 1 rings (SSSR count). The Morgan fingerprint density at radius 3 is 2.68 bits per heavy atom. The Balaban J connectivity index is 2.94. The quantitative estimate of drug-likeness (QED) is 0.669. The molecule has 1 aromatic heterocycles. The molecule has 1 amide bonds. The molecule has 0 saturated carbocycles. The number of ether oxygens (including phenoxy) is 1. The van der Waals surface area contributed by atoms with Gasteiger partial charge in [0.05, 0.1) is 4.92 Å². The van der Waals surface area contributed by atoms with Crippen molar-refractivity contribution in [1.29, 1.82) is 0 Å². The molecule has 0 bridgehead atoms.